The Morgan fingerprint density at radius 1 is 1.47 bits per heavy atom. The summed E-state index contributed by atoms with van der Waals surface area (Å²) in [6.07, 6.45) is 3.26. The first kappa shape index (κ1) is 15.5. The monoisotopic (exact) mass is 265 g/mol. The maximum Gasteiger partial charge on any atom is 0.338 e. The van der Waals surface area contributed by atoms with Crippen molar-refractivity contribution < 1.29 is 14.3 Å². The fourth-order valence-corrected chi connectivity index (χ4v) is 2.07. The number of carbonyl (C=O) groups is 2. The van der Waals surface area contributed by atoms with Crippen molar-refractivity contribution in [2.75, 3.05) is 13.2 Å². The van der Waals surface area contributed by atoms with Crippen molar-refractivity contribution >= 4 is 12.3 Å². The molecule has 0 aliphatic carbocycles. The Hall–Kier alpha value is -1.58. The average molecular weight is 265 g/mol. The quantitative estimate of drug-likeness (QED) is 0.581. The Bertz CT molecular complexity index is 427. The molecule has 0 aromatic rings. The lowest BCUT2D eigenvalue weighted by Gasteiger charge is -2.34. The summed E-state index contributed by atoms with van der Waals surface area (Å²) in [6.45, 7) is 11.0. The number of rotatable bonds is 3. The summed E-state index contributed by atoms with van der Waals surface area (Å²) in [5, 5.41) is 0. The molecule has 0 radical (unpaired) electrons. The van der Waals surface area contributed by atoms with Gasteiger partial charge in [0.2, 0.25) is 0 Å². The zero-order chi connectivity index (χ0) is 14.6. The van der Waals surface area contributed by atoms with E-state index in [4.69, 9.17) is 4.74 Å². The van der Waals surface area contributed by atoms with Crippen LogP contribution in [-0.4, -0.2) is 35.8 Å². The fourth-order valence-electron chi connectivity index (χ4n) is 2.07. The van der Waals surface area contributed by atoms with Gasteiger partial charge in [-0.05, 0) is 41.0 Å². The summed E-state index contributed by atoms with van der Waals surface area (Å²) in [6, 6.07) is 0. The number of hydrogen-bond donors (Lipinski definition) is 0. The van der Waals surface area contributed by atoms with E-state index in [0.29, 0.717) is 17.8 Å². The number of ether oxygens (including phenoxy) is 1. The van der Waals surface area contributed by atoms with Gasteiger partial charge in [0.1, 0.15) is 0 Å². The van der Waals surface area contributed by atoms with Gasteiger partial charge in [-0.2, -0.15) is 0 Å². The predicted octanol–water partition coefficient (Wildman–Crippen LogP) is 2.45. The normalized spacial score (nSPS) is 16.9. The second kappa shape index (κ2) is 6.04. The van der Waals surface area contributed by atoms with Crippen molar-refractivity contribution in [1.29, 1.82) is 0 Å². The molecule has 4 heteroatoms. The average Bonchev–Trinajstić information content (AvgIpc) is 2.47. The van der Waals surface area contributed by atoms with E-state index < -0.39 is 5.97 Å². The molecule has 106 valence electrons. The van der Waals surface area contributed by atoms with Crippen molar-refractivity contribution in [2.45, 2.75) is 46.6 Å². The molecule has 1 aliphatic heterocycles. The number of aldehydes is 1. The molecule has 0 atom stereocenters. The minimum atomic E-state index is -0.408. The standard InChI is InChI=1S/C15H23NO3/c1-6-19-14(18)13-11(2)7-8-16(15(3,4)5)9-12(13)10-17/h9-10H,6-8H2,1-5H3. The highest BCUT2D eigenvalue weighted by molar-refractivity contribution is 6.02. The largest absolute Gasteiger partial charge is 0.462 e. The minimum absolute atomic E-state index is 0.0847. The minimum Gasteiger partial charge on any atom is -0.462 e. The van der Waals surface area contributed by atoms with E-state index >= 15 is 0 Å². The van der Waals surface area contributed by atoms with Crippen LogP contribution in [-0.2, 0) is 14.3 Å². The van der Waals surface area contributed by atoms with Gasteiger partial charge in [-0.15, -0.1) is 0 Å². The molecule has 0 amide bonds. The molecule has 1 heterocycles. The third kappa shape index (κ3) is 3.69. The van der Waals surface area contributed by atoms with Crippen molar-refractivity contribution in [1.82, 2.24) is 4.90 Å². The summed E-state index contributed by atoms with van der Waals surface area (Å²) in [5.74, 6) is -0.408. The Kier molecular flexibility index (Phi) is 4.92. The molecule has 1 rings (SSSR count). The lowest BCUT2D eigenvalue weighted by atomic mass is 10.0. The zero-order valence-electron chi connectivity index (χ0n) is 12.4. The van der Waals surface area contributed by atoms with E-state index in [-0.39, 0.29) is 5.54 Å². The molecule has 0 N–H and O–H groups in total. The van der Waals surface area contributed by atoms with Gasteiger partial charge in [-0.1, -0.05) is 5.57 Å². The zero-order valence-corrected chi connectivity index (χ0v) is 12.4. The Labute approximate surface area is 115 Å². The highest BCUT2D eigenvalue weighted by atomic mass is 16.5. The second-order valence-corrected chi connectivity index (χ2v) is 5.69. The van der Waals surface area contributed by atoms with Crippen LogP contribution in [0.15, 0.2) is 22.9 Å². The fraction of sp³-hybridized carbons (Fsp3) is 0.600. The van der Waals surface area contributed by atoms with Gasteiger partial charge in [-0.3, -0.25) is 4.79 Å². The summed E-state index contributed by atoms with van der Waals surface area (Å²) in [7, 11) is 0. The third-order valence-electron chi connectivity index (χ3n) is 3.21. The first-order valence-electron chi connectivity index (χ1n) is 6.62. The van der Waals surface area contributed by atoms with Crippen molar-refractivity contribution in [3.05, 3.63) is 22.9 Å². The van der Waals surface area contributed by atoms with Crippen LogP contribution in [0.4, 0.5) is 0 Å². The Morgan fingerprint density at radius 2 is 2.11 bits per heavy atom. The molecule has 0 saturated carbocycles. The van der Waals surface area contributed by atoms with Crippen LogP contribution in [0.5, 0.6) is 0 Å². The van der Waals surface area contributed by atoms with E-state index in [1.165, 1.54) is 0 Å². The van der Waals surface area contributed by atoms with Gasteiger partial charge >= 0.3 is 5.97 Å². The maximum atomic E-state index is 12.0. The van der Waals surface area contributed by atoms with Gasteiger partial charge in [0.25, 0.3) is 0 Å². The SMILES string of the molecule is CCOC(=O)C1=C(C)CCN(C(C)(C)C)C=C1C=O. The molecular weight excluding hydrogens is 242 g/mol. The van der Waals surface area contributed by atoms with Crippen LogP contribution in [0.1, 0.15) is 41.0 Å². The third-order valence-corrected chi connectivity index (χ3v) is 3.21. The van der Waals surface area contributed by atoms with E-state index in [2.05, 4.69) is 25.7 Å². The predicted molar refractivity (Wildman–Crippen MR) is 74.6 cm³/mol. The number of nitrogens with zero attached hydrogens (tertiary/aromatic N) is 1. The van der Waals surface area contributed by atoms with Gasteiger partial charge < -0.3 is 9.64 Å². The molecule has 4 nitrogen and oxygen atoms in total. The summed E-state index contributed by atoms with van der Waals surface area (Å²) < 4.78 is 5.05. The highest BCUT2D eigenvalue weighted by Crippen LogP contribution is 2.26. The summed E-state index contributed by atoms with van der Waals surface area (Å²) in [4.78, 5) is 25.4. The molecular formula is C15H23NO3. The van der Waals surface area contributed by atoms with Crippen LogP contribution in [0.2, 0.25) is 0 Å². The van der Waals surface area contributed by atoms with E-state index in [1.807, 2.05) is 6.92 Å². The van der Waals surface area contributed by atoms with Gasteiger partial charge in [0.15, 0.2) is 6.29 Å². The van der Waals surface area contributed by atoms with E-state index in [0.717, 1.165) is 24.8 Å². The molecule has 0 aromatic heterocycles. The second-order valence-electron chi connectivity index (χ2n) is 5.69. The highest BCUT2D eigenvalue weighted by Gasteiger charge is 2.26. The Morgan fingerprint density at radius 3 is 2.58 bits per heavy atom. The van der Waals surface area contributed by atoms with Crippen molar-refractivity contribution in [3.63, 3.8) is 0 Å². The first-order valence-corrected chi connectivity index (χ1v) is 6.62. The number of esters is 1. The maximum absolute atomic E-state index is 12.0. The Balaban J connectivity index is 3.19. The van der Waals surface area contributed by atoms with Crippen LogP contribution >= 0.6 is 0 Å². The molecule has 0 unspecified atom stereocenters. The molecule has 0 spiro atoms. The summed E-state index contributed by atoms with van der Waals surface area (Å²) >= 11 is 0. The van der Waals surface area contributed by atoms with E-state index in [9.17, 15) is 9.59 Å². The van der Waals surface area contributed by atoms with Crippen LogP contribution in [0.3, 0.4) is 0 Å². The molecule has 0 aromatic carbocycles. The van der Waals surface area contributed by atoms with E-state index in [1.54, 1.807) is 13.1 Å². The van der Waals surface area contributed by atoms with Gasteiger partial charge in [-0.25, -0.2) is 4.79 Å². The lowest BCUT2D eigenvalue weighted by Crippen LogP contribution is -2.37. The lowest BCUT2D eigenvalue weighted by molar-refractivity contribution is -0.138. The topological polar surface area (TPSA) is 46.6 Å². The summed E-state index contributed by atoms with van der Waals surface area (Å²) in [5.41, 5.74) is 1.65. The molecule has 0 saturated heterocycles. The number of carbonyl (C=O) groups excluding carboxylic acids is 2. The molecule has 19 heavy (non-hydrogen) atoms. The first-order chi connectivity index (χ1) is 8.81. The van der Waals surface area contributed by atoms with Crippen LogP contribution in [0, 0.1) is 0 Å². The molecule has 0 fully saturated rings. The van der Waals surface area contributed by atoms with Crippen molar-refractivity contribution in [2.24, 2.45) is 0 Å². The van der Waals surface area contributed by atoms with Gasteiger partial charge in [0, 0.05) is 23.9 Å². The van der Waals surface area contributed by atoms with Gasteiger partial charge in [0.05, 0.1) is 12.2 Å². The molecule has 0 bridgehead atoms. The molecule has 1 aliphatic rings. The van der Waals surface area contributed by atoms with Crippen LogP contribution in [0.25, 0.3) is 0 Å². The van der Waals surface area contributed by atoms with Crippen molar-refractivity contribution in [3.8, 4) is 0 Å². The smallest absolute Gasteiger partial charge is 0.338 e. The van der Waals surface area contributed by atoms with Crippen LogP contribution < -0.4 is 0 Å². The number of hydrogen-bond acceptors (Lipinski definition) is 4.